The first-order valence-electron chi connectivity index (χ1n) is 8.31. The molecule has 5 nitrogen and oxygen atoms in total. The van der Waals surface area contributed by atoms with Gasteiger partial charge in [-0.25, -0.2) is 0 Å². The third-order valence-corrected chi connectivity index (χ3v) is 4.31. The van der Waals surface area contributed by atoms with Crippen LogP contribution in [-0.4, -0.2) is 56.1 Å². The fourth-order valence-electron chi connectivity index (χ4n) is 2.82. The van der Waals surface area contributed by atoms with E-state index in [4.69, 9.17) is 0 Å². The summed E-state index contributed by atoms with van der Waals surface area (Å²) in [4.78, 5) is 11.0. The summed E-state index contributed by atoms with van der Waals surface area (Å²) in [6, 6.07) is 6.02. The van der Waals surface area contributed by atoms with Gasteiger partial charge in [0.2, 0.25) is 0 Å². The molecule has 0 radical (unpaired) electrons. The van der Waals surface area contributed by atoms with Gasteiger partial charge in [0.05, 0.1) is 0 Å². The molecule has 0 aromatic carbocycles. The first-order chi connectivity index (χ1) is 10.8. The van der Waals surface area contributed by atoms with Crippen molar-refractivity contribution in [3.05, 3.63) is 30.1 Å². The second-order valence-electron chi connectivity index (χ2n) is 6.03. The smallest absolute Gasteiger partial charge is 0.190 e. The molecule has 1 aromatic rings. The lowest BCUT2D eigenvalue weighted by atomic mass is 9.94. The molecule has 2 N–H and O–H groups in total. The van der Waals surface area contributed by atoms with Crippen molar-refractivity contribution < 1.29 is 0 Å². The quantitative estimate of drug-likeness (QED) is 0.412. The van der Waals surface area contributed by atoms with Gasteiger partial charge in [-0.05, 0) is 57.5 Å². The number of rotatable bonds is 6. The van der Waals surface area contributed by atoms with Gasteiger partial charge in [-0.15, -0.1) is 24.0 Å². The van der Waals surface area contributed by atoms with Gasteiger partial charge < -0.3 is 15.5 Å². The highest BCUT2D eigenvalue weighted by molar-refractivity contribution is 14.0. The van der Waals surface area contributed by atoms with Crippen LogP contribution in [0.5, 0.6) is 0 Å². The number of likely N-dealkylation sites (tertiary alicyclic amines) is 1. The fourth-order valence-corrected chi connectivity index (χ4v) is 2.82. The predicted octanol–water partition coefficient (Wildman–Crippen LogP) is 2.14. The zero-order valence-electron chi connectivity index (χ0n) is 14.3. The van der Waals surface area contributed by atoms with E-state index in [9.17, 15) is 0 Å². The van der Waals surface area contributed by atoms with Crippen LogP contribution in [0.3, 0.4) is 0 Å². The Bertz CT molecular complexity index is 444. The molecule has 1 fully saturated rings. The average Bonchev–Trinajstić information content (AvgIpc) is 2.56. The maximum Gasteiger partial charge on any atom is 0.190 e. The number of halogens is 1. The van der Waals surface area contributed by atoms with Crippen molar-refractivity contribution in [2.75, 3.05) is 40.3 Å². The standard InChI is InChI=1S/C17H29N5.HI/c1-18-17(21-12-7-16-5-3-4-10-19-16)20-11-6-15-8-13-22(2)14-9-15;/h3-5,10,15H,6-9,11-14H2,1-2H3,(H2,18,20,21);1H. The number of piperidine rings is 1. The average molecular weight is 431 g/mol. The molecule has 2 rings (SSSR count). The van der Waals surface area contributed by atoms with Crippen LogP contribution < -0.4 is 10.6 Å². The molecule has 0 saturated carbocycles. The lowest BCUT2D eigenvalue weighted by Gasteiger charge is -2.29. The van der Waals surface area contributed by atoms with E-state index in [0.717, 1.165) is 37.1 Å². The van der Waals surface area contributed by atoms with E-state index < -0.39 is 0 Å². The van der Waals surface area contributed by atoms with Crippen LogP contribution in [0.15, 0.2) is 29.4 Å². The Morgan fingerprint density at radius 2 is 2.00 bits per heavy atom. The van der Waals surface area contributed by atoms with E-state index in [1.165, 1.54) is 32.4 Å². The molecule has 2 heterocycles. The molecule has 1 aromatic heterocycles. The zero-order chi connectivity index (χ0) is 15.6. The van der Waals surface area contributed by atoms with Gasteiger partial charge in [-0.3, -0.25) is 9.98 Å². The number of guanidine groups is 1. The molecular weight excluding hydrogens is 401 g/mol. The number of aliphatic imine (C=N–C) groups is 1. The summed E-state index contributed by atoms with van der Waals surface area (Å²) in [5.74, 6) is 1.75. The van der Waals surface area contributed by atoms with Crippen molar-refractivity contribution in [3.8, 4) is 0 Å². The molecule has 1 saturated heterocycles. The highest BCUT2D eigenvalue weighted by Crippen LogP contribution is 2.18. The van der Waals surface area contributed by atoms with Gasteiger partial charge in [-0.1, -0.05) is 6.07 Å². The summed E-state index contributed by atoms with van der Waals surface area (Å²) in [6.45, 7) is 4.33. The SMILES string of the molecule is CN=C(NCCc1ccccn1)NCCC1CCN(C)CC1.I. The van der Waals surface area contributed by atoms with Crippen molar-refractivity contribution in [2.24, 2.45) is 10.9 Å². The maximum absolute atomic E-state index is 4.33. The summed E-state index contributed by atoms with van der Waals surface area (Å²) in [6.07, 6.45) is 6.63. The number of hydrogen-bond acceptors (Lipinski definition) is 3. The predicted molar refractivity (Wildman–Crippen MR) is 108 cm³/mol. The van der Waals surface area contributed by atoms with Crippen molar-refractivity contribution in [2.45, 2.75) is 25.7 Å². The number of pyridine rings is 1. The molecular formula is C17H30IN5. The molecule has 0 unspecified atom stereocenters. The van der Waals surface area contributed by atoms with E-state index in [-0.39, 0.29) is 24.0 Å². The third kappa shape index (κ3) is 7.97. The Labute approximate surface area is 157 Å². The number of hydrogen-bond donors (Lipinski definition) is 2. The molecule has 130 valence electrons. The minimum Gasteiger partial charge on any atom is -0.356 e. The topological polar surface area (TPSA) is 52.6 Å². The Morgan fingerprint density at radius 3 is 2.65 bits per heavy atom. The second-order valence-corrected chi connectivity index (χ2v) is 6.03. The Kier molecular flexibility index (Phi) is 10.2. The Hall–Kier alpha value is -0.890. The van der Waals surface area contributed by atoms with Crippen molar-refractivity contribution in [1.29, 1.82) is 0 Å². The normalized spacial score (nSPS) is 16.7. The van der Waals surface area contributed by atoms with Gasteiger partial charge in [0.25, 0.3) is 0 Å². The highest BCUT2D eigenvalue weighted by atomic mass is 127. The summed E-state index contributed by atoms with van der Waals surface area (Å²) >= 11 is 0. The molecule has 23 heavy (non-hydrogen) atoms. The molecule has 1 aliphatic heterocycles. The van der Waals surface area contributed by atoms with E-state index in [1.807, 2.05) is 25.4 Å². The molecule has 0 bridgehead atoms. The maximum atomic E-state index is 4.33. The van der Waals surface area contributed by atoms with Crippen LogP contribution in [0.25, 0.3) is 0 Å². The van der Waals surface area contributed by atoms with E-state index in [0.29, 0.717) is 0 Å². The summed E-state index contributed by atoms with van der Waals surface area (Å²) in [5, 5.41) is 6.77. The van der Waals surface area contributed by atoms with Gasteiger partial charge in [0.1, 0.15) is 0 Å². The number of nitrogens with zero attached hydrogens (tertiary/aromatic N) is 3. The molecule has 6 heteroatoms. The highest BCUT2D eigenvalue weighted by Gasteiger charge is 2.16. The van der Waals surface area contributed by atoms with Gasteiger partial charge >= 0.3 is 0 Å². The van der Waals surface area contributed by atoms with Gasteiger partial charge in [0.15, 0.2) is 5.96 Å². The van der Waals surface area contributed by atoms with Crippen LogP contribution in [-0.2, 0) is 6.42 Å². The first kappa shape index (κ1) is 20.2. The number of nitrogens with one attached hydrogen (secondary N) is 2. The Balaban J connectivity index is 0.00000264. The van der Waals surface area contributed by atoms with Crippen LogP contribution >= 0.6 is 24.0 Å². The van der Waals surface area contributed by atoms with Crippen LogP contribution in [0, 0.1) is 5.92 Å². The monoisotopic (exact) mass is 431 g/mol. The van der Waals surface area contributed by atoms with Crippen molar-refractivity contribution in [1.82, 2.24) is 20.5 Å². The lowest BCUT2D eigenvalue weighted by molar-refractivity contribution is 0.213. The minimum atomic E-state index is 0. The summed E-state index contributed by atoms with van der Waals surface area (Å²) in [7, 11) is 4.04. The zero-order valence-corrected chi connectivity index (χ0v) is 16.6. The third-order valence-electron chi connectivity index (χ3n) is 4.31. The molecule has 0 amide bonds. The largest absolute Gasteiger partial charge is 0.356 e. The molecule has 0 aliphatic carbocycles. The van der Waals surface area contributed by atoms with Gasteiger partial charge in [0, 0.05) is 38.4 Å². The fraction of sp³-hybridized carbons (Fsp3) is 0.647. The summed E-state index contributed by atoms with van der Waals surface area (Å²) in [5.41, 5.74) is 1.11. The molecule has 0 spiro atoms. The second kappa shape index (κ2) is 11.6. The van der Waals surface area contributed by atoms with E-state index >= 15 is 0 Å². The van der Waals surface area contributed by atoms with Crippen molar-refractivity contribution in [3.63, 3.8) is 0 Å². The van der Waals surface area contributed by atoms with Crippen LogP contribution in [0.2, 0.25) is 0 Å². The summed E-state index contributed by atoms with van der Waals surface area (Å²) < 4.78 is 0. The van der Waals surface area contributed by atoms with Crippen LogP contribution in [0.1, 0.15) is 25.0 Å². The number of aromatic nitrogens is 1. The van der Waals surface area contributed by atoms with Crippen molar-refractivity contribution >= 4 is 29.9 Å². The van der Waals surface area contributed by atoms with E-state index in [2.05, 4.69) is 38.6 Å². The lowest BCUT2D eigenvalue weighted by Crippen LogP contribution is -2.40. The first-order valence-corrected chi connectivity index (χ1v) is 8.31. The van der Waals surface area contributed by atoms with Crippen LogP contribution in [0.4, 0.5) is 0 Å². The minimum absolute atomic E-state index is 0. The molecule has 1 aliphatic rings. The van der Waals surface area contributed by atoms with E-state index in [1.54, 1.807) is 0 Å². The Morgan fingerprint density at radius 1 is 1.26 bits per heavy atom. The van der Waals surface area contributed by atoms with Gasteiger partial charge in [-0.2, -0.15) is 0 Å². The molecule has 0 atom stereocenters.